The first-order chi connectivity index (χ1) is 14.3. The van der Waals surface area contributed by atoms with Gasteiger partial charge in [0.05, 0.1) is 15.5 Å². The van der Waals surface area contributed by atoms with Gasteiger partial charge in [0.25, 0.3) is 17.5 Å². The molecule has 1 N–H and O–H groups in total. The summed E-state index contributed by atoms with van der Waals surface area (Å²) < 4.78 is 12.9. The van der Waals surface area contributed by atoms with Crippen LogP contribution in [-0.4, -0.2) is 65.8 Å². The molecule has 0 spiro atoms. The van der Waals surface area contributed by atoms with E-state index in [1.807, 2.05) is 0 Å². The Morgan fingerprint density at radius 3 is 2.40 bits per heavy atom. The summed E-state index contributed by atoms with van der Waals surface area (Å²) in [5.41, 5.74) is 0.324. The van der Waals surface area contributed by atoms with Crippen molar-refractivity contribution in [3.05, 3.63) is 74.5 Å². The molecule has 10 heteroatoms. The number of amides is 2. The summed E-state index contributed by atoms with van der Waals surface area (Å²) >= 11 is 6.06. The number of hydrogen-bond donors (Lipinski definition) is 1. The maximum atomic E-state index is 12.9. The van der Waals surface area contributed by atoms with Gasteiger partial charge >= 0.3 is 0 Å². The van der Waals surface area contributed by atoms with Crippen LogP contribution in [0.4, 0.5) is 10.1 Å². The fourth-order valence-corrected chi connectivity index (χ4v) is 3.36. The lowest BCUT2D eigenvalue weighted by atomic mass is 10.1. The van der Waals surface area contributed by atoms with Crippen LogP contribution in [-0.2, 0) is 0 Å². The summed E-state index contributed by atoms with van der Waals surface area (Å²) in [6.07, 6.45) is 0. The third kappa shape index (κ3) is 5.31. The smallest absolute Gasteiger partial charge is 0.270 e. The highest BCUT2D eigenvalue weighted by molar-refractivity contribution is 6.33. The molecule has 1 heterocycles. The van der Waals surface area contributed by atoms with Gasteiger partial charge in [-0.2, -0.15) is 0 Å². The normalized spacial score (nSPS) is 14.4. The number of carbonyl (C=O) groups is 2. The Morgan fingerprint density at radius 1 is 1.10 bits per heavy atom. The third-order valence-electron chi connectivity index (χ3n) is 4.87. The quantitative estimate of drug-likeness (QED) is 0.557. The molecule has 1 aliphatic heterocycles. The van der Waals surface area contributed by atoms with E-state index in [-0.39, 0.29) is 28.1 Å². The van der Waals surface area contributed by atoms with E-state index >= 15 is 0 Å². The van der Waals surface area contributed by atoms with Crippen LogP contribution in [0.2, 0.25) is 5.02 Å². The van der Waals surface area contributed by atoms with Crippen molar-refractivity contribution in [2.24, 2.45) is 0 Å². The van der Waals surface area contributed by atoms with Gasteiger partial charge in [0.2, 0.25) is 0 Å². The molecule has 2 amide bonds. The number of piperazine rings is 1. The SMILES string of the molecule is O=C(NCCN1CCN(C(=O)c2cc([N+](=O)[O-])ccc2Cl)CC1)c1ccc(F)cc1. The van der Waals surface area contributed by atoms with E-state index in [1.54, 1.807) is 4.90 Å². The van der Waals surface area contributed by atoms with Gasteiger partial charge in [-0.3, -0.25) is 24.6 Å². The molecule has 0 bridgehead atoms. The number of nitro benzene ring substituents is 1. The van der Waals surface area contributed by atoms with Gasteiger partial charge in [-0.05, 0) is 30.3 Å². The molecule has 158 valence electrons. The number of rotatable bonds is 6. The zero-order valence-electron chi connectivity index (χ0n) is 16.0. The Bertz CT molecular complexity index is 946. The number of nitrogens with zero attached hydrogens (tertiary/aromatic N) is 3. The molecule has 30 heavy (non-hydrogen) atoms. The summed E-state index contributed by atoms with van der Waals surface area (Å²) in [5.74, 6) is -1.01. The number of nitro groups is 1. The molecule has 0 aromatic heterocycles. The highest BCUT2D eigenvalue weighted by Gasteiger charge is 2.25. The van der Waals surface area contributed by atoms with E-state index < -0.39 is 10.7 Å². The second kappa shape index (κ2) is 9.64. The number of halogens is 2. The van der Waals surface area contributed by atoms with Crippen molar-refractivity contribution < 1.29 is 18.9 Å². The molecule has 1 fully saturated rings. The fraction of sp³-hybridized carbons (Fsp3) is 0.300. The second-order valence-corrected chi connectivity index (χ2v) is 7.23. The molecular weight excluding hydrogens is 415 g/mol. The number of hydrogen-bond acceptors (Lipinski definition) is 5. The minimum absolute atomic E-state index is 0.117. The molecule has 0 radical (unpaired) electrons. The Kier molecular flexibility index (Phi) is 6.96. The highest BCUT2D eigenvalue weighted by atomic mass is 35.5. The molecule has 0 unspecified atom stereocenters. The summed E-state index contributed by atoms with van der Waals surface area (Å²) in [6, 6.07) is 9.13. The number of nitrogens with one attached hydrogen (secondary N) is 1. The van der Waals surface area contributed by atoms with Gasteiger partial charge in [-0.1, -0.05) is 11.6 Å². The van der Waals surface area contributed by atoms with Crippen LogP contribution < -0.4 is 5.32 Å². The lowest BCUT2D eigenvalue weighted by molar-refractivity contribution is -0.384. The van der Waals surface area contributed by atoms with Crippen LogP contribution in [0.15, 0.2) is 42.5 Å². The van der Waals surface area contributed by atoms with Crippen molar-refractivity contribution >= 4 is 29.1 Å². The minimum atomic E-state index is -0.564. The Labute approximate surface area is 177 Å². The van der Waals surface area contributed by atoms with Crippen LogP contribution in [0.3, 0.4) is 0 Å². The lowest BCUT2D eigenvalue weighted by Crippen LogP contribution is -2.50. The summed E-state index contributed by atoms with van der Waals surface area (Å²) in [4.78, 5) is 38.8. The second-order valence-electron chi connectivity index (χ2n) is 6.82. The topological polar surface area (TPSA) is 95.8 Å². The standard InChI is InChI=1S/C20H20ClFN4O4/c21-18-6-5-16(26(29)30)13-17(18)20(28)25-11-9-24(10-12-25)8-7-23-19(27)14-1-3-15(22)4-2-14/h1-6,13H,7-12H2,(H,23,27). The zero-order valence-corrected chi connectivity index (χ0v) is 16.8. The van der Waals surface area contributed by atoms with Gasteiger partial charge in [-0.15, -0.1) is 0 Å². The van der Waals surface area contributed by atoms with E-state index in [0.29, 0.717) is 44.8 Å². The molecule has 2 aromatic carbocycles. The highest BCUT2D eigenvalue weighted by Crippen LogP contribution is 2.24. The van der Waals surface area contributed by atoms with Crippen LogP contribution in [0.1, 0.15) is 20.7 Å². The first-order valence-electron chi connectivity index (χ1n) is 9.34. The van der Waals surface area contributed by atoms with Crippen molar-refractivity contribution in [3.63, 3.8) is 0 Å². The average Bonchev–Trinajstić information content (AvgIpc) is 2.74. The maximum Gasteiger partial charge on any atom is 0.270 e. The molecule has 0 saturated carbocycles. The van der Waals surface area contributed by atoms with E-state index in [0.717, 1.165) is 0 Å². The molecular formula is C20H20ClFN4O4. The molecule has 2 aromatic rings. The molecule has 3 rings (SSSR count). The van der Waals surface area contributed by atoms with Crippen molar-refractivity contribution in [2.75, 3.05) is 39.3 Å². The van der Waals surface area contributed by atoms with Crippen molar-refractivity contribution in [1.29, 1.82) is 0 Å². The number of carbonyl (C=O) groups excluding carboxylic acids is 2. The van der Waals surface area contributed by atoms with Crippen LogP contribution in [0.5, 0.6) is 0 Å². The predicted molar refractivity (Wildman–Crippen MR) is 109 cm³/mol. The molecule has 0 atom stereocenters. The van der Waals surface area contributed by atoms with E-state index in [2.05, 4.69) is 10.2 Å². The van der Waals surface area contributed by atoms with Crippen molar-refractivity contribution in [3.8, 4) is 0 Å². The Hall–Kier alpha value is -3.04. The molecule has 0 aliphatic carbocycles. The van der Waals surface area contributed by atoms with Gasteiger partial charge in [-0.25, -0.2) is 4.39 Å². The number of non-ortho nitro benzene ring substituents is 1. The van der Waals surface area contributed by atoms with Crippen LogP contribution in [0.25, 0.3) is 0 Å². The lowest BCUT2D eigenvalue weighted by Gasteiger charge is -2.34. The first kappa shape index (κ1) is 21.7. The number of benzene rings is 2. The Morgan fingerprint density at radius 2 is 1.77 bits per heavy atom. The summed E-state index contributed by atoms with van der Waals surface area (Å²) in [6.45, 7) is 3.12. The summed E-state index contributed by atoms with van der Waals surface area (Å²) in [5, 5.41) is 13.9. The Balaban J connectivity index is 1.47. The maximum absolute atomic E-state index is 12.9. The van der Waals surface area contributed by atoms with Gasteiger partial charge in [0.1, 0.15) is 5.82 Å². The van der Waals surface area contributed by atoms with Crippen molar-refractivity contribution in [1.82, 2.24) is 15.1 Å². The first-order valence-corrected chi connectivity index (χ1v) is 9.72. The predicted octanol–water partition coefficient (Wildman–Crippen LogP) is 2.58. The van der Waals surface area contributed by atoms with E-state index in [9.17, 15) is 24.1 Å². The van der Waals surface area contributed by atoms with Crippen molar-refractivity contribution in [2.45, 2.75) is 0 Å². The summed E-state index contributed by atoms with van der Waals surface area (Å²) in [7, 11) is 0. The van der Waals surface area contributed by atoms with Gasteiger partial charge in [0, 0.05) is 57.0 Å². The molecule has 8 nitrogen and oxygen atoms in total. The zero-order chi connectivity index (χ0) is 21.7. The minimum Gasteiger partial charge on any atom is -0.351 e. The van der Waals surface area contributed by atoms with Gasteiger partial charge in [0.15, 0.2) is 0 Å². The average molecular weight is 435 g/mol. The van der Waals surface area contributed by atoms with Crippen LogP contribution >= 0.6 is 11.6 Å². The molecule has 1 aliphatic rings. The third-order valence-corrected chi connectivity index (χ3v) is 5.20. The fourth-order valence-electron chi connectivity index (χ4n) is 3.17. The van der Waals surface area contributed by atoms with Crippen LogP contribution in [0, 0.1) is 15.9 Å². The van der Waals surface area contributed by atoms with Gasteiger partial charge < -0.3 is 10.2 Å². The largest absolute Gasteiger partial charge is 0.351 e. The van der Waals surface area contributed by atoms with E-state index in [4.69, 9.17) is 11.6 Å². The molecule has 1 saturated heterocycles. The monoisotopic (exact) mass is 434 g/mol. The van der Waals surface area contributed by atoms with E-state index in [1.165, 1.54) is 42.5 Å².